The predicted octanol–water partition coefficient (Wildman–Crippen LogP) is 4.17. The van der Waals surface area contributed by atoms with Gasteiger partial charge in [-0.1, -0.05) is 15.9 Å². The van der Waals surface area contributed by atoms with Crippen LogP contribution in [0.2, 0.25) is 0 Å². The molecule has 2 aromatic carbocycles. The van der Waals surface area contributed by atoms with E-state index in [1.165, 1.54) is 14.0 Å². The van der Waals surface area contributed by atoms with Gasteiger partial charge in [-0.2, -0.15) is 5.10 Å². The molecule has 0 radical (unpaired) electrons. The molecule has 1 aromatic heterocycles. The van der Waals surface area contributed by atoms with Crippen molar-refractivity contribution in [2.75, 3.05) is 17.7 Å². The molecule has 0 saturated carbocycles. The highest BCUT2D eigenvalue weighted by Crippen LogP contribution is 2.24. The number of hydrazone groups is 1. The van der Waals surface area contributed by atoms with Crippen LogP contribution < -0.4 is 14.5 Å². The van der Waals surface area contributed by atoms with Gasteiger partial charge in [0, 0.05) is 27.1 Å². The van der Waals surface area contributed by atoms with E-state index in [1.807, 2.05) is 44.2 Å². The van der Waals surface area contributed by atoms with E-state index in [0.29, 0.717) is 11.4 Å². The molecule has 1 atom stereocenters. The summed E-state index contributed by atoms with van der Waals surface area (Å²) >= 11 is 3.45. The summed E-state index contributed by atoms with van der Waals surface area (Å²) in [6.45, 7) is 5.47. The summed E-state index contributed by atoms with van der Waals surface area (Å²) in [6, 6.07) is 15.4. The predicted molar refractivity (Wildman–Crippen MR) is 138 cm³/mol. The Morgan fingerprint density at radius 1 is 1.15 bits per heavy atom. The molecule has 0 aliphatic heterocycles. The van der Waals surface area contributed by atoms with Gasteiger partial charge in [0.2, 0.25) is 10.0 Å². The van der Waals surface area contributed by atoms with Crippen molar-refractivity contribution in [2.45, 2.75) is 26.8 Å². The van der Waals surface area contributed by atoms with Crippen molar-refractivity contribution in [3.63, 3.8) is 0 Å². The number of hydrogen-bond donors (Lipinski definition) is 1. The maximum atomic E-state index is 12.8. The molecule has 1 N–H and O–H groups in total. The maximum Gasteiger partial charge on any atom is 0.263 e. The van der Waals surface area contributed by atoms with E-state index in [1.54, 1.807) is 30.5 Å². The Kier molecular flexibility index (Phi) is 7.83. The Balaban J connectivity index is 1.78. The average Bonchev–Trinajstić information content (AvgIpc) is 3.07. The third-order valence-corrected chi connectivity index (χ3v) is 7.12. The first kappa shape index (κ1) is 25.5. The van der Waals surface area contributed by atoms with Crippen molar-refractivity contribution in [3.8, 4) is 11.4 Å². The third kappa shape index (κ3) is 5.68. The van der Waals surface area contributed by atoms with E-state index >= 15 is 0 Å². The molecule has 3 aromatic rings. The number of hydrogen-bond acceptors (Lipinski definition) is 5. The minimum atomic E-state index is -3.73. The average molecular weight is 547 g/mol. The van der Waals surface area contributed by atoms with Crippen LogP contribution in [0.25, 0.3) is 5.69 Å². The zero-order valence-electron chi connectivity index (χ0n) is 19.6. The summed E-state index contributed by atoms with van der Waals surface area (Å²) in [5, 5.41) is 4.08. The van der Waals surface area contributed by atoms with Crippen LogP contribution in [0.3, 0.4) is 0 Å². The number of sulfonamides is 1. The highest BCUT2D eigenvalue weighted by Gasteiger charge is 2.29. The molecule has 180 valence electrons. The van der Waals surface area contributed by atoms with Crippen LogP contribution in [0.5, 0.6) is 5.75 Å². The topological polar surface area (TPSA) is 93.0 Å². The number of nitrogens with one attached hydrogen (secondary N) is 1. The number of aryl methyl sites for hydroxylation is 1. The van der Waals surface area contributed by atoms with E-state index < -0.39 is 22.0 Å². The molecular weight excluding hydrogens is 520 g/mol. The summed E-state index contributed by atoms with van der Waals surface area (Å²) in [6.07, 6.45) is 2.61. The molecule has 0 bridgehead atoms. The Morgan fingerprint density at radius 2 is 1.76 bits per heavy atom. The molecule has 8 nitrogen and oxygen atoms in total. The van der Waals surface area contributed by atoms with Gasteiger partial charge in [-0.15, -0.1) is 0 Å². The fourth-order valence-electron chi connectivity index (χ4n) is 3.70. The Morgan fingerprint density at radius 3 is 2.32 bits per heavy atom. The molecule has 0 spiro atoms. The summed E-state index contributed by atoms with van der Waals surface area (Å²) < 4.78 is 34.1. The number of carbonyl (C=O) groups excluding carboxylic acids is 1. The minimum absolute atomic E-state index is 0.355. The van der Waals surface area contributed by atoms with E-state index in [-0.39, 0.29) is 0 Å². The van der Waals surface area contributed by atoms with Gasteiger partial charge in [0.15, 0.2) is 0 Å². The smallest absolute Gasteiger partial charge is 0.263 e. The third-order valence-electron chi connectivity index (χ3n) is 5.35. The number of rotatable bonds is 8. The Bertz CT molecular complexity index is 1300. The number of ether oxygens (including phenoxy) is 1. The molecule has 0 saturated heterocycles. The normalized spacial score (nSPS) is 12.5. The number of anilines is 1. The van der Waals surface area contributed by atoms with Crippen molar-refractivity contribution in [1.82, 2.24) is 9.99 Å². The molecule has 0 aliphatic carbocycles. The first-order valence-corrected chi connectivity index (χ1v) is 13.1. The lowest BCUT2D eigenvalue weighted by Gasteiger charge is -2.27. The van der Waals surface area contributed by atoms with Crippen LogP contribution in [0.1, 0.15) is 23.9 Å². The Hall–Kier alpha value is -3.11. The second-order valence-corrected chi connectivity index (χ2v) is 10.6. The lowest BCUT2D eigenvalue weighted by atomic mass is 10.2. The molecule has 1 heterocycles. The molecule has 1 unspecified atom stereocenters. The van der Waals surface area contributed by atoms with Gasteiger partial charge >= 0.3 is 0 Å². The van der Waals surface area contributed by atoms with Gasteiger partial charge in [-0.3, -0.25) is 9.10 Å². The highest BCUT2D eigenvalue weighted by atomic mass is 79.9. The standard InChI is InChI=1S/C24H27BrN4O4S/c1-16-14-19(17(2)28(16)21-8-6-20(25)7-9-21)15-26-27-24(30)18(3)29(34(5,31)32)22-10-12-23(33-4)13-11-22/h6-15,18H,1-5H3,(H,27,30)/b26-15+. The van der Waals surface area contributed by atoms with E-state index in [9.17, 15) is 13.2 Å². The Labute approximate surface area is 208 Å². The van der Waals surface area contributed by atoms with E-state index in [4.69, 9.17) is 4.74 Å². The van der Waals surface area contributed by atoms with Crippen molar-refractivity contribution in [2.24, 2.45) is 5.10 Å². The summed E-state index contributed by atoms with van der Waals surface area (Å²) in [5.74, 6) is 0.0267. The summed E-state index contributed by atoms with van der Waals surface area (Å²) in [4.78, 5) is 12.8. The number of methoxy groups -OCH3 is 1. The van der Waals surface area contributed by atoms with Gasteiger partial charge in [0.25, 0.3) is 5.91 Å². The van der Waals surface area contributed by atoms with Crippen LogP contribution in [0.4, 0.5) is 5.69 Å². The van der Waals surface area contributed by atoms with Crippen LogP contribution >= 0.6 is 15.9 Å². The van der Waals surface area contributed by atoms with Crippen molar-refractivity contribution >= 4 is 43.8 Å². The minimum Gasteiger partial charge on any atom is -0.497 e. The summed E-state index contributed by atoms with van der Waals surface area (Å²) in [5.41, 5.74) is 6.64. The van der Waals surface area contributed by atoms with Crippen molar-refractivity contribution < 1.29 is 17.9 Å². The SMILES string of the molecule is COc1ccc(N(C(C)C(=O)N/N=C/c2cc(C)n(-c3ccc(Br)cc3)c2C)S(C)(=O)=O)cc1. The number of aromatic nitrogens is 1. The number of amides is 1. The van der Waals surface area contributed by atoms with Gasteiger partial charge < -0.3 is 9.30 Å². The first-order chi connectivity index (χ1) is 16.0. The second kappa shape index (κ2) is 10.4. The van der Waals surface area contributed by atoms with E-state index in [0.717, 1.165) is 37.7 Å². The molecule has 34 heavy (non-hydrogen) atoms. The van der Waals surface area contributed by atoms with Crippen LogP contribution in [-0.2, 0) is 14.8 Å². The molecular formula is C24H27BrN4O4S. The molecule has 1 amide bonds. The highest BCUT2D eigenvalue weighted by molar-refractivity contribution is 9.10. The van der Waals surface area contributed by atoms with Crippen LogP contribution in [-0.4, -0.2) is 44.5 Å². The molecule has 0 aliphatic rings. The van der Waals surface area contributed by atoms with Gasteiger partial charge in [-0.25, -0.2) is 13.8 Å². The van der Waals surface area contributed by atoms with Gasteiger partial charge in [0.05, 0.1) is 25.3 Å². The maximum absolute atomic E-state index is 12.8. The monoisotopic (exact) mass is 546 g/mol. The number of nitrogens with zero attached hydrogens (tertiary/aromatic N) is 3. The molecule has 0 fully saturated rings. The number of halogens is 1. The zero-order chi connectivity index (χ0) is 25.0. The van der Waals surface area contributed by atoms with E-state index in [2.05, 4.69) is 31.0 Å². The van der Waals surface area contributed by atoms with Crippen LogP contribution in [0, 0.1) is 13.8 Å². The fraction of sp³-hybridized carbons (Fsp3) is 0.250. The lowest BCUT2D eigenvalue weighted by Crippen LogP contribution is -2.46. The van der Waals surface area contributed by atoms with Crippen LogP contribution in [0.15, 0.2) is 64.2 Å². The van der Waals surface area contributed by atoms with Crippen molar-refractivity contribution in [1.29, 1.82) is 0 Å². The van der Waals surface area contributed by atoms with Crippen molar-refractivity contribution in [3.05, 3.63) is 76.0 Å². The number of benzene rings is 2. The summed E-state index contributed by atoms with van der Waals surface area (Å²) in [7, 11) is -2.21. The van der Waals surface area contributed by atoms with Gasteiger partial charge in [0.1, 0.15) is 11.8 Å². The van der Waals surface area contributed by atoms with Gasteiger partial charge in [-0.05, 0) is 75.4 Å². The number of carbonyl (C=O) groups is 1. The lowest BCUT2D eigenvalue weighted by molar-refractivity contribution is -0.121. The first-order valence-electron chi connectivity index (χ1n) is 10.4. The quantitative estimate of drug-likeness (QED) is 0.339. The largest absolute Gasteiger partial charge is 0.497 e. The zero-order valence-corrected chi connectivity index (χ0v) is 22.0. The second-order valence-electron chi connectivity index (χ2n) is 7.81. The molecule has 10 heteroatoms. The fourth-order valence-corrected chi connectivity index (χ4v) is 5.14. The molecule has 3 rings (SSSR count).